The van der Waals surface area contributed by atoms with E-state index in [1.165, 1.54) is 31.2 Å². The van der Waals surface area contributed by atoms with Crippen LogP contribution in [0.25, 0.3) is 0 Å². The summed E-state index contributed by atoms with van der Waals surface area (Å²) in [7, 11) is 0. The highest BCUT2D eigenvalue weighted by Gasteiger charge is 2.01. The standard InChI is InChI=1S/C21H25NO/c1-2-3-4-6-9-18-12-14-19(15-13-18)21(23)16-17-22-20-10-7-5-8-11-20/h5,7-8,10-17,22H,2-4,6,9H2,1H3/b17-16+. The van der Waals surface area contributed by atoms with Crippen LogP contribution in [-0.4, -0.2) is 5.78 Å². The van der Waals surface area contributed by atoms with Crippen molar-refractivity contribution in [3.8, 4) is 0 Å². The molecule has 1 N–H and O–H groups in total. The summed E-state index contributed by atoms with van der Waals surface area (Å²) in [5, 5.41) is 3.10. The van der Waals surface area contributed by atoms with Gasteiger partial charge in [0.25, 0.3) is 0 Å². The minimum atomic E-state index is 0.0194. The molecule has 0 atom stereocenters. The molecule has 120 valence electrons. The number of carbonyl (C=O) groups is 1. The van der Waals surface area contributed by atoms with Gasteiger partial charge in [0.15, 0.2) is 5.78 Å². The van der Waals surface area contributed by atoms with Gasteiger partial charge in [-0.3, -0.25) is 4.79 Å². The van der Waals surface area contributed by atoms with Gasteiger partial charge in [0.2, 0.25) is 0 Å². The fraction of sp³-hybridized carbons (Fsp3) is 0.286. The lowest BCUT2D eigenvalue weighted by atomic mass is 10.0. The van der Waals surface area contributed by atoms with E-state index in [0.717, 1.165) is 17.7 Å². The summed E-state index contributed by atoms with van der Waals surface area (Å²) < 4.78 is 0. The number of allylic oxidation sites excluding steroid dienone is 1. The molecule has 0 spiro atoms. The van der Waals surface area contributed by atoms with Crippen LogP contribution in [0, 0.1) is 0 Å². The van der Waals surface area contributed by atoms with Crippen molar-refractivity contribution in [2.45, 2.75) is 39.0 Å². The Bertz CT molecular complexity index is 614. The molecule has 0 fully saturated rings. The molecule has 0 heterocycles. The number of anilines is 1. The highest BCUT2D eigenvalue weighted by molar-refractivity contribution is 6.04. The van der Waals surface area contributed by atoms with Gasteiger partial charge >= 0.3 is 0 Å². The van der Waals surface area contributed by atoms with Crippen LogP contribution in [0.1, 0.15) is 48.5 Å². The molecule has 0 amide bonds. The van der Waals surface area contributed by atoms with Crippen molar-refractivity contribution in [1.82, 2.24) is 0 Å². The molecule has 0 aliphatic rings. The molecule has 0 saturated carbocycles. The third-order valence-corrected chi connectivity index (χ3v) is 3.82. The number of para-hydroxylation sites is 1. The predicted molar refractivity (Wildman–Crippen MR) is 97.8 cm³/mol. The normalized spacial score (nSPS) is 10.8. The van der Waals surface area contributed by atoms with E-state index < -0.39 is 0 Å². The van der Waals surface area contributed by atoms with Gasteiger partial charge in [0.05, 0.1) is 0 Å². The molecule has 0 aromatic heterocycles. The first-order valence-corrected chi connectivity index (χ1v) is 8.41. The third kappa shape index (κ3) is 6.11. The van der Waals surface area contributed by atoms with Crippen molar-refractivity contribution in [1.29, 1.82) is 0 Å². The summed E-state index contributed by atoms with van der Waals surface area (Å²) in [5.41, 5.74) is 3.01. The first-order chi connectivity index (χ1) is 11.3. The molecule has 2 aromatic carbocycles. The van der Waals surface area contributed by atoms with Gasteiger partial charge in [-0.2, -0.15) is 0 Å². The highest BCUT2D eigenvalue weighted by atomic mass is 16.1. The number of hydrogen-bond acceptors (Lipinski definition) is 2. The van der Waals surface area contributed by atoms with Gasteiger partial charge in [-0.1, -0.05) is 68.7 Å². The molecule has 0 bridgehead atoms. The van der Waals surface area contributed by atoms with E-state index in [9.17, 15) is 4.79 Å². The minimum absolute atomic E-state index is 0.0194. The first-order valence-electron chi connectivity index (χ1n) is 8.41. The van der Waals surface area contributed by atoms with E-state index in [4.69, 9.17) is 0 Å². The van der Waals surface area contributed by atoms with Crippen LogP contribution in [0.3, 0.4) is 0 Å². The van der Waals surface area contributed by atoms with E-state index in [1.807, 2.05) is 42.5 Å². The van der Waals surface area contributed by atoms with Crippen LogP contribution < -0.4 is 5.32 Å². The van der Waals surface area contributed by atoms with Gasteiger partial charge in [0.1, 0.15) is 0 Å². The number of aryl methyl sites for hydroxylation is 1. The maximum absolute atomic E-state index is 12.1. The van der Waals surface area contributed by atoms with Crippen LogP contribution in [-0.2, 0) is 6.42 Å². The van der Waals surface area contributed by atoms with E-state index >= 15 is 0 Å². The van der Waals surface area contributed by atoms with Gasteiger partial charge in [0, 0.05) is 23.5 Å². The minimum Gasteiger partial charge on any atom is -0.362 e. The van der Waals surface area contributed by atoms with E-state index in [2.05, 4.69) is 24.4 Å². The molecule has 2 nitrogen and oxygen atoms in total. The molecule has 2 heteroatoms. The maximum Gasteiger partial charge on any atom is 0.187 e. The summed E-state index contributed by atoms with van der Waals surface area (Å²) in [4.78, 5) is 12.1. The Morgan fingerprint density at radius 1 is 0.957 bits per heavy atom. The summed E-state index contributed by atoms with van der Waals surface area (Å²) in [6.07, 6.45) is 9.43. The molecule has 0 saturated heterocycles. The van der Waals surface area contributed by atoms with Crippen molar-refractivity contribution in [2.75, 3.05) is 5.32 Å². The summed E-state index contributed by atoms with van der Waals surface area (Å²) in [6.45, 7) is 2.22. The highest BCUT2D eigenvalue weighted by Crippen LogP contribution is 2.11. The zero-order chi connectivity index (χ0) is 16.3. The van der Waals surface area contributed by atoms with Crippen LogP contribution in [0.5, 0.6) is 0 Å². The van der Waals surface area contributed by atoms with Crippen molar-refractivity contribution in [2.24, 2.45) is 0 Å². The van der Waals surface area contributed by atoms with E-state index in [1.54, 1.807) is 12.3 Å². The molecule has 0 aliphatic carbocycles. The Balaban J connectivity index is 1.82. The quantitative estimate of drug-likeness (QED) is 0.370. The number of hydrogen-bond donors (Lipinski definition) is 1. The molecule has 2 aromatic rings. The summed E-state index contributed by atoms with van der Waals surface area (Å²) in [5.74, 6) is 0.0194. The Morgan fingerprint density at radius 3 is 2.39 bits per heavy atom. The van der Waals surface area contributed by atoms with Crippen LogP contribution >= 0.6 is 0 Å². The van der Waals surface area contributed by atoms with Crippen molar-refractivity contribution >= 4 is 11.5 Å². The average Bonchev–Trinajstić information content (AvgIpc) is 2.60. The van der Waals surface area contributed by atoms with Gasteiger partial charge < -0.3 is 5.32 Å². The summed E-state index contributed by atoms with van der Waals surface area (Å²) in [6, 6.07) is 17.8. The molecule has 0 aliphatic heterocycles. The Morgan fingerprint density at radius 2 is 1.70 bits per heavy atom. The molecule has 0 unspecified atom stereocenters. The van der Waals surface area contributed by atoms with Crippen LogP contribution in [0.4, 0.5) is 5.69 Å². The smallest absolute Gasteiger partial charge is 0.187 e. The zero-order valence-electron chi connectivity index (χ0n) is 13.8. The van der Waals surface area contributed by atoms with Crippen molar-refractivity contribution in [3.63, 3.8) is 0 Å². The molecule has 2 rings (SSSR count). The van der Waals surface area contributed by atoms with Gasteiger partial charge in [-0.25, -0.2) is 0 Å². The lowest BCUT2D eigenvalue weighted by molar-refractivity contribution is 0.104. The SMILES string of the molecule is CCCCCCc1ccc(C(=O)/C=C/Nc2ccccc2)cc1. The molecular formula is C21H25NO. The number of ketones is 1. The van der Waals surface area contributed by atoms with Crippen molar-refractivity contribution < 1.29 is 4.79 Å². The average molecular weight is 307 g/mol. The van der Waals surface area contributed by atoms with Gasteiger partial charge in [-0.05, 0) is 30.5 Å². The molecular weight excluding hydrogens is 282 g/mol. The van der Waals surface area contributed by atoms with Gasteiger partial charge in [-0.15, -0.1) is 0 Å². The number of nitrogens with one attached hydrogen (secondary N) is 1. The largest absolute Gasteiger partial charge is 0.362 e. The number of unbranched alkanes of at least 4 members (excludes halogenated alkanes) is 3. The fourth-order valence-corrected chi connectivity index (χ4v) is 2.44. The van der Waals surface area contributed by atoms with Crippen molar-refractivity contribution in [3.05, 3.63) is 78.0 Å². The number of rotatable bonds is 9. The maximum atomic E-state index is 12.1. The van der Waals surface area contributed by atoms with E-state index in [0.29, 0.717) is 0 Å². The Kier molecular flexibility index (Phi) is 7.12. The van der Waals surface area contributed by atoms with Crippen LogP contribution in [0.15, 0.2) is 66.9 Å². The lowest BCUT2D eigenvalue weighted by Gasteiger charge is -2.03. The van der Waals surface area contributed by atoms with E-state index in [-0.39, 0.29) is 5.78 Å². The molecule has 0 radical (unpaired) electrons. The number of carbonyl (C=O) groups excluding carboxylic acids is 1. The topological polar surface area (TPSA) is 29.1 Å². The molecule has 23 heavy (non-hydrogen) atoms. The Hall–Kier alpha value is -2.35. The zero-order valence-corrected chi connectivity index (χ0v) is 13.8. The monoisotopic (exact) mass is 307 g/mol. The first kappa shape index (κ1) is 17.0. The Labute approximate surface area is 139 Å². The van der Waals surface area contributed by atoms with Crippen LogP contribution in [0.2, 0.25) is 0 Å². The lowest BCUT2D eigenvalue weighted by Crippen LogP contribution is -1.97. The fourth-order valence-electron chi connectivity index (χ4n) is 2.44. The second-order valence-corrected chi connectivity index (χ2v) is 5.72. The third-order valence-electron chi connectivity index (χ3n) is 3.82. The number of benzene rings is 2. The predicted octanol–water partition coefficient (Wildman–Crippen LogP) is 5.62. The second kappa shape index (κ2) is 9.62. The summed E-state index contributed by atoms with van der Waals surface area (Å²) >= 11 is 0. The second-order valence-electron chi connectivity index (χ2n) is 5.72.